The van der Waals surface area contributed by atoms with E-state index >= 15 is 0 Å². The zero-order valence-electron chi connectivity index (χ0n) is 13.2. The van der Waals surface area contributed by atoms with Crippen LogP contribution in [0, 0.1) is 17.3 Å². The van der Waals surface area contributed by atoms with Crippen LogP contribution >= 0.6 is 0 Å². The molecule has 0 atom stereocenters. The van der Waals surface area contributed by atoms with Crippen molar-refractivity contribution in [3.8, 4) is 0 Å². The zero-order valence-corrected chi connectivity index (χ0v) is 13.2. The summed E-state index contributed by atoms with van der Waals surface area (Å²) in [5, 5.41) is 36.9. The molecular weight excluding hydrogens is 350 g/mol. The Morgan fingerprint density at radius 2 is 1.15 bits per heavy atom. The standard InChI is InChI=1S/C16H15NO9/c18-11(8-4-2-1-3-5-8)17-6-16(7-17,9(12(19)20)13(21)22)10(14(23)24)15(25)26/h1-5,9-10H,6-7H2,(H,19,20)(H,21,22)(H,23,24)(H,25,26). The van der Waals surface area contributed by atoms with E-state index in [0.717, 1.165) is 4.90 Å². The van der Waals surface area contributed by atoms with Crippen molar-refractivity contribution >= 4 is 29.8 Å². The summed E-state index contributed by atoms with van der Waals surface area (Å²) in [5.74, 6) is -12.6. The zero-order chi connectivity index (χ0) is 19.6. The van der Waals surface area contributed by atoms with Gasteiger partial charge in [-0.1, -0.05) is 18.2 Å². The maximum atomic E-state index is 12.4. The van der Waals surface area contributed by atoms with Gasteiger partial charge in [0.25, 0.3) is 5.91 Å². The molecular formula is C16H15NO9. The van der Waals surface area contributed by atoms with Gasteiger partial charge in [-0.25, -0.2) is 0 Å². The summed E-state index contributed by atoms with van der Waals surface area (Å²) >= 11 is 0. The number of carboxylic acids is 4. The molecule has 0 unspecified atom stereocenters. The number of nitrogens with zero attached hydrogens (tertiary/aromatic N) is 1. The maximum Gasteiger partial charge on any atom is 0.318 e. The molecule has 4 N–H and O–H groups in total. The van der Waals surface area contributed by atoms with Gasteiger partial charge in [0, 0.05) is 18.7 Å². The lowest BCUT2D eigenvalue weighted by molar-refractivity contribution is -0.184. The SMILES string of the molecule is O=C(O)C(C(=O)O)C1(C(C(=O)O)C(=O)O)CN(C(=O)c2ccccc2)C1. The molecule has 2 rings (SSSR count). The van der Waals surface area contributed by atoms with Gasteiger partial charge >= 0.3 is 23.9 Å². The molecule has 1 saturated heterocycles. The van der Waals surface area contributed by atoms with Crippen LogP contribution in [0.1, 0.15) is 10.4 Å². The first kappa shape index (κ1) is 18.9. The summed E-state index contributed by atoms with van der Waals surface area (Å²) in [6.45, 7) is -1.24. The van der Waals surface area contributed by atoms with Crippen LogP contribution < -0.4 is 0 Å². The van der Waals surface area contributed by atoms with Gasteiger partial charge in [-0.05, 0) is 12.1 Å². The van der Waals surface area contributed by atoms with Crippen molar-refractivity contribution in [2.45, 2.75) is 0 Å². The minimum atomic E-state index is -2.29. The van der Waals surface area contributed by atoms with Crippen LogP contribution in [-0.4, -0.2) is 68.2 Å². The van der Waals surface area contributed by atoms with Gasteiger partial charge < -0.3 is 25.3 Å². The average molecular weight is 365 g/mol. The number of carbonyl (C=O) groups excluding carboxylic acids is 1. The summed E-state index contributed by atoms with van der Waals surface area (Å²) in [5.41, 5.74) is -1.94. The summed E-state index contributed by atoms with van der Waals surface area (Å²) in [7, 11) is 0. The van der Waals surface area contributed by atoms with Crippen LogP contribution in [0.2, 0.25) is 0 Å². The number of aliphatic carboxylic acids is 4. The number of likely N-dealkylation sites (tertiary alicyclic amines) is 1. The highest BCUT2D eigenvalue weighted by atomic mass is 16.4. The third-order valence-corrected chi connectivity index (χ3v) is 4.42. The second-order valence-corrected chi connectivity index (χ2v) is 5.98. The molecule has 0 aromatic heterocycles. The molecule has 26 heavy (non-hydrogen) atoms. The van der Waals surface area contributed by atoms with E-state index in [-0.39, 0.29) is 5.56 Å². The molecule has 0 radical (unpaired) electrons. The molecule has 10 heteroatoms. The Morgan fingerprint density at radius 1 is 0.769 bits per heavy atom. The third kappa shape index (κ3) is 3.08. The number of hydrogen-bond acceptors (Lipinski definition) is 5. The fourth-order valence-corrected chi connectivity index (χ4v) is 3.30. The number of carboxylic acid groups (broad SMARTS) is 4. The molecule has 1 aliphatic rings. The van der Waals surface area contributed by atoms with Crippen molar-refractivity contribution < 1.29 is 44.4 Å². The van der Waals surface area contributed by atoms with Crippen LogP contribution in [0.4, 0.5) is 0 Å². The van der Waals surface area contributed by atoms with Crippen molar-refractivity contribution in [2.75, 3.05) is 13.1 Å². The molecule has 10 nitrogen and oxygen atoms in total. The Morgan fingerprint density at radius 3 is 1.50 bits per heavy atom. The number of hydrogen-bond donors (Lipinski definition) is 4. The molecule has 0 aliphatic carbocycles. The van der Waals surface area contributed by atoms with Gasteiger partial charge in [0.15, 0.2) is 11.8 Å². The minimum absolute atomic E-state index is 0.227. The first-order chi connectivity index (χ1) is 12.1. The molecule has 0 spiro atoms. The Balaban J connectivity index is 2.41. The first-order valence-corrected chi connectivity index (χ1v) is 7.37. The molecule has 1 aromatic rings. The van der Waals surface area contributed by atoms with E-state index in [4.69, 9.17) is 0 Å². The Kier molecular flexibility index (Phi) is 4.96. The van der Waals surface area contributed by atoms with E-state index in [2.05, 4.69) is 0 Å². The van der Waals surface area contributed by atoms with E-state index in [1.54, 1.807) is 18.2 Å². The van der Waals surface area contributed by atoms with E-state index < -0.39 is 60.1 Å². The summed E-state index contributed by atoms with van der Waals surface area (Å²) in [6, 6.07) is 7.76. The van der Waals surface area contributed by atoms with Crippen molar-refractivity contribution in [1.82, 2.24) is 4.90 Å². The normalized spacial score (nSPS) is 15.4. The highest BCUT2D eigenvalue weighted by molar-refractivity contribution is 6.01. The predicted molar refractivity (Wildman–Crippen MR) is 82.3 cm³/mol. The van der Waals surface area contributed by atoms with Gasteiger partial charge in [0.1, 0.15) is 0 Å². The summed E-state index contributed by atoms with van der Waals surface area (Å²) < 4.78 is 0. The Bertz CT molecular complexity index is 705. The number of amides is 1. The smallest absolute Gasteiger partial charge is 0.318 e. The Labute approximate surface area is 146 Å². The number of rotatable bonds is 7. The second-order valence-electron chi connectivity index (χ2n) is 5.98. The van der Waals surface area contributed by atoms with Gasteiger partial charge in [-0.15, -0.1) is 0 Å². The lowest BCUT2D eigenvalue weighted by atomic mass is 9.61. The fraction of sp³-hybridized carbons (Fsp3) is 0.312. The van der Waals surface area contributed by atoms with Crippen LogP contribution in [0.5, 0.6) is 0 Å². The molecule has 1 fully saturated rings. The quantitative estimate of drug-likeness (QED) is 0.474. The van der Waals surface area contributed by atoms with E-state index in [1.165, 1.54) is 12.1 Å². The van der Waals surface area contributed by atoms with Crippen LogP contribution in [-0.2, 0) is 19.2 Å². The Hall–Kier alpha value is -3.43. The largest absolute Gasteiger partial charge is 0.481 e. The van der Waals surface area contributed by atoms with E-state index in [1.807, 2.05) is 0 Å². The highest BCUT2D eigenvalue weighted by Crippen LogP contribution is 2.46. The molecule has 1 aliphatic heterocycles. The third-order valence-electron chi connectivity index (χ3n) is 4.42. The maximum absolute atomic E-state index is 12.4. The molecule has 1 aromatic carbocycles. The highest BCUT2D eigenvalue weighted by Gasteiger charge is 2.65. The molecule has 0 bridgehead atoms. The van der Waals surface area contributed by atoms with Crippen molar-refractivity contribution in [1.29, 1.82) is 0 Å². The van der Waals surface area contributed by atoms with Gasteiger partial charge in [-0.3, -0.25) is 24.0 Å². The lowest BCUT2D eigenvalue weighted by Crippen LogP contribution is -2.69. The van der Waals surface area contributed by atoms with Crippen LogP contribution in [0.25, 0.3) is 0 Å². The lowest BCUT2D eigenvalue weighted by Gasteiger charge is -2.53. The van der Waals surface area contributed by atoms with Gasteiger partial charge in [-0.2, -0.15) is 0 Å². The molecule has 0 saturated carbocycles. The summed E-state index contributed by atoms with van der Waals surface area (Å²) in [4.78, 5) is 59.0. The molecule has 1 heterocycles. The molecule has 138 valence electrons. The fourth-order valence-electron chi connectivity index (χ4n) is 3.30. The summed E-state index contributed by atoms with van der Waals surface area (Å²) in [6.07, 6.45) is 0. The second kappa shape index (κ2) is 6.82. The first-order valence-electron chi connectivity index (χ1n) is 7.37. The minimum Gasteiger partial charge on any atom is -0.481 e. The van der Waals surface area contributed by atoms with E-state index in [9.17, 15) is 44.4 Å². The number of carbonyl (C=O) groups is 5. The monoisotopic (exact) mass is 365 g/mol. The van der Waals surface area contributed by atoms with Crippen LogP contribution in [0.15, 0.2) is 30.3 Å². The average Bonchev–Trinajstić information content (AvgIpc) is 2.50. The van der Waals surface area contributed by atoms with Gasteiger partial charge in [0.05, 0.1) is 5.41 Å². The number of benzene rings is 1. The van der Waals surface area contributed by atoms with Crippen molar-refractivity contribution in [3.05, 3.63) is 35.9 Å². The van der Waals surface area contributed by atoms with Gasteiger partial charge in [0.2, 0.25) is 0 Å². The van der Waals surface area contributed by atoms with Crippen molar-refractivity contribution in [2.24, 2.45) is 17.3 Å². The topological polar surface area (TPSA) is 170 Å². The molecule has 1 amide bonds. The predicted octanol–water partition coefficient (Wildman–Crippen LogP) is -0.300. The van der Waals surface area contributed by atoms with Crippen LogP contribution in [0.3, 0.4) is 0 Å². The van der Waals surface area contributed by atoms with E-state index in [0.29, 0.717) is 0 Å². The van der Waals surface area contributed by atoms with Crippen molar-refractivity contribution in [3.63, 3.8) is 0 Å².